The third kappa shape index (κ3) is 7.90. The summed E-state index contributed by atoms with van der Waals surface area (Å²) in [5.74, 6) is -50.5. The molecule has 0 aliphatic heterocycles. The van der Waals surface area contributed by atoms with Gasteiger partial charge in [0, 0.05) is 82.3 Å². The molecule has 6 rings (SSSR count). The summed E-state index contributed by atoms with van der Waals surface area (Å²) in [6, 6.07) is 0. The minimum atomic E-state index is -6.56. The number of rotatable bonds is 6. The van der Waals surface area contributed by atoms with E-state index in [-0.39, 0.29) is 68.6 Å². The molecule has 6 fully saturated rings. The molecule has 0 amide bonds. The van der Waals surface area contributed by atoms with Crippen LogP contribution in [0.5, 0.6) is 0 Å². The molecule has 0 aromatic carbocycles. The van der Waals surface area contributed by atoms with Crippen LogP contribution in [0.3, 0.4) is 0 Å². The zero-order valence-corrected chi connectivity index (χ0v) is 40.3. The number of fused-ring (bicyclic) bond motifs is 6. The van der Waals surface area contributed by atoms with Crippen molar-refractivity contribution in [1.82, 2.24) is 0 Å². The van der Waals surface area contributed by atoms with Crippen molar-refractivity contribution in [1.29, 1.82) is 0 Å². The van der Waals surface area contributed by atoms with Crippen LogP contribution in [0.2, 0.25) is 0 Å². The molecule has 3 N–H and O–H groups in total. The minimum absolute atomic E-state index is 0. The summed E-state index contributed by atoms with van der Waals surface area (Å²) >= 11 is 0. The first-order valence-corrected chi connectivity index (χ1v) is 20.5. The van der Waals surface area contributed by atoms with Gasteiger partial charge in [-0.3, -0.25) is 14.4 Å². The second-order valence-electron chi connectivity index (χ2n) is 20.6. The summed E-state index contributed by atoms with van der Waals surface area (Å²) in [4.78, 5) is 36.9. The van der Waals surface area contributed by atoms with Crippen molar-refractivity contribution >= 4 is 17.3 Å². The van der Waals surface area contributed by atoms with E-state index in [9.17, 15) is 122 Å². The predicted molar refractivity (Wildman–Crippen MR) is 196 cm³/mol. The second kappa shape index (κ2) is 17.1. The minimum Gasteiger partial charge on any atom is -0.506 e. The maximum atomic E-state index is 13.7. The van der Waals surface area contributed by atoms with Gasteiger partial charge in [-0.1, -0.05) is 62.3 Å². The van der Waals surface area contributed by atoms with Gasteiger partial charge in [-0.15, -0.1) is 0 Å². The van der Waals surface area contributed by atoms with E-state index in [1.54, 1.807) is 41.5 Å². The monoisotopic (exact) mass is 1200 g/mol. The molecule has 0 spiro atoms. The van der Waals surface area contributed by atoms with E-state index >= 15 is 0 Å². The molecule has 3 unspecified atom stereocenters. The summed E-state index contributed by atoms with van der Waals surface area (Å²) < 4.78 is 271. The Labute approximate surface area is 425 Å². The topological polar surface area (TPSA) is 112 Å². The Morgan fingerprint density at radius 1 is 0.371 bits per heavy atom. The Morgan fingerprint density at radius 3 is 0.643 bits per heavy atom. The van der Waals surface area contributed by atoms with Crippen LogP contribution < -0.4 is 0 Å². The van der Waals surface area contributed by atoms with Gasteiger partial charge < -0.3 is 15.3 Å². The molecule has 6 atom stereocenters. The molecule has 403 valence electrons. The van der Waals surface area contributed by atoms with Crippen LogP contribution in [-0.2, 0) is 14.4 Å². The number of ketones is 3. The number of aliphatic hydroxyl groups excluding tert-OH is 3. The number of halogens is 21. The van der Waals surface area contributed by atoms with Crippen molar-refractivity contribution < 1.29 is 171 Å². The van der Waals surface area contributed by atoms with E-state index in [1.807, 2.05) is 0 Å². The van der Waals surface area contributed by atoms with Crippen molar-refractivity contribution in [2.45, 2.75) is 155 Å². The van der Waals surface area contributed by atoms with Crippen LogP contribution in [0.15, 0.2) is 34.0 Å². The van der Waals surface area contributed by atoms with Gasteiger partial charge in [-0.25, -0.2) is 0 Å². The number of Topliss-reactive ketones (excluding diaryl/α,β-unsaturated/α-hetero) is 3. The fourth-order valence-electron chi connectivity index (χ4n) is 10.9. The number of allylic oxidation sites excluding steroid dienone is 6. The summed E-state index contributed by atoms with van der Waals surface area (Å²) in [7, 11) is 0. The number of hydrogen-bond acceptors (Lipinski definition) is 6. The summed E-state index contributed by atoms with van der Waals surface area (Å²) in [5, 5.41) is 28.6. The van der Waals surface area contributed by atoms with Crippen LogP contribution in [-0.4, -0.2) is 86.7 Å². The van der Waals surface area contributed by atoms with E-state index in [0.717, 1.165) is 0 Å². The molecule has 6 saturated carbocycles. The first kappa shape index (κ1) is 62.0. The van der Waals surface area contributed by atoms with Crippen LogP contribution >= 0.6 is 0 Å². The number of carbonyl (C=O) groups excluding carboxylic acids is 3. The second-order valence-corrected chi connectivity index (χ2v) is 20.6. The van der Waals surface area contributed by atoms with Crippen molar-refractivity contribution in [2.24, 2.45) is 50.2 Å². The van der Waals surface area contributed by atoms with E-state index in [2.05, 4.69) is 0 Å². The SMILES string of the molecule is CC1(C)C2CC[C@@]1(C)C(=O)/C2=C(/O)C(F)(F)C(F)(F)C(F)(F)F.CC1(C)C2CC[C@@]1(C)C(=O)/C2=C(/O)C(F)(F)C(F)(F)C(F)(F)F.CC1(C)C2CC[C@@]1(C)C(=O)/C2=C(/O)C(F)(F)C(F)(F)C(F)(F)F.[Eu]. The van der Waals surface area contributed by atoms with E-state index in [1.165, 1.54) is 20.8 Å². The van der Waals surface area contributed by atoms with Crippen molar-refractivity contribution in [3.8, 4) is 0 Å². The first-order chi connectivity index (χ1) is 30.1. The maximum Gasteiger partial charge on any atom is 0.460 e. The van der Waals surface area contributed by atoms with Crippen molar-refractivity contribution in [3.63, 3.8) is 0 Å². The van der Waals surface area contributed by atoms with Gasteiger partial charge in [-0.2, -0.15) is 92.2 Å². The Balaban J connectivity index is 0.000000276. The number of carbonyl (C=O) groups is 3. The molecule has 6 nitrogen and oxygen atoms in total. The number of hydrogen-bond donors (Lipinski definition) is 3. The van der Waals surface area contributed by atoms with E-state index in [4.69, 9.17) is 0 Å². The maximum absolute atomic E-state index is 13.7. The molecule has 0 heterocycles. The van der Waals surface area contributed by atoms with Gasteiger partial charge in [0.2, 0.25) is 0 Å². The van der Waals surface area contributed by atoms with Gasteiger partial charge in [0.15, 0.2) is 34.6 Å². The fraction of sp³-hybridized carbons (Fsp3) is 0.786. The standard InChI is InChI=1S/3C14H15F7O2.Eu/c3*1-10(2)6-4-5-11(10,3)8(22)7(6)9(23)12(15,16)13(17,18)14(19,20)21;/h3*6,23H,4-5H2,1-3H3;/b3*9-7+;/t3*6?,11-;/m000./s1. The summed E-state index contributed by atoms with van der Waals surface area (Å²) in [6.45, 7) is 13.6. The predicted octanol–water partition coefficient (Wildman–Crippen LogP) is 14.0. The number of alkyl halides is 21. The zero-order chi connectivity index (χ0) is 54.7. The average Bonchev–Trinajstić information content (AvgIpc) is 3.79. The van der Waals surface area contributed by atoms with Crippen molar-refractivity contribution in [3.05, 3.63) is 34.0 Å². The molecule has 1 radical (unpaired) electrons. The van der Waals surface area contributed by atoms with Crippen LogP contribution in [0.25, 0.3) is 0 Å². The molecule has 6 aliphatic carbocycles. The zero-order valence-electron chi connectivity index (χ0n) is 37.9. The third-order valence-corrected chi connectivity index (χ3v) is 16.9. The molecule has 70 heavy (non-hydrogen) atoms. The van der Waals surface area contributed by atoms with Crippen LogP contribution in [0, 0.1) is 99.6 Å². The van der Waals surface area contributed by atoms with Gasteiger partial charge in [0.05, 0.1) is 0 Å². The van der Waals surface area contributed by atoms with Gasteiger partial charge in [-0.05, 0) is 72.5 Å². The summed E-state index contributed by atoms with van der Waals surface area (Å²) in [5.41, 5.74) is -9.29. The molecular formula is C42H45EuF21O6. The van der Waals surface area contributed by atoms with Crippen molar-refractivity contribution in [2.75, 3.05) is 0 Å². The molecule has 0 aromatic rings. The third-order valence-electron chi connectivity index (χ3n) is 16.9. The van der Waals surface area contributed by atoms with E-state index in [0.29, 0.717) is 19.3 Å². The summed E-state index contributed by atoms with van der Waals surface area (Å²) in [6.07, 6.45) is -18.3. The van der Waals surface area contributed by atoms with E-state index < -0.39 is 156 Å². The molecule has 6 aliphatic rings. The Kier molecular flexibility index (Phi) is 15.2. The smallest absolute Gasteiger partial charge is 0.460 e. The normalized spacial score (nSPS) is 32.8. The largest absolute Gasteiger partial charge is 0.506 e. The quantitative estimate of drug-likeness (QED) is 0.139. The van der Waals surface area contributed by atoms with Gasteiger partial charge in [0.1, 0.15) is 0 Å². The fourth-order valence-corrected chi connectivity index (χ4v) is 10.9. The van der Waals surface area contributed by atoms with Crippen LogP contribution in [0.4, 0.5) is 92.2 Å². The molecule has 28 heteroatoms. The van der Waals surface area contributed by atoms with Gasteiger partial charge in [0.25, 0.3) is 0 Å². The first-order valence-electron chi connectivity index (χ1n) is 20.5. The molecule has 6 bridgehead atoms. The number of aliphatic hydroxyl groups is 3. The average molecular weight is 1200 g/mol. The Bertz CT molecular complexity index is 2020. The Morgan fingerprint density at radius 2 is 0.529 bits per heavy atom. The Hall–Kier alpha value is -2.26. The van der Waals surface area contributed by atoms with Gasteiger partial charge >= 0.3 is 54.1 Å². The molecule has 0 saturated heterocycles. The molecule has 0 aromatic heterocycles. The molecular weight excluding hydrogens is 1150 g/mol. The van der Waals surface area contributed by atoms with Crippen LogP contribution in [0.1, 0.15) is 101 Å².